The van der Waals surface area contributed by atoms with Gasteiger partial charge in [0.05, 0.1) is 6.04 Å². The summed E-state index contributed by atoms with van der Waals surface area (Å²) in [4.78, 5) is 11.0. The van der Waals surface area contributed by atoms with E-state index < -0.39 is 0 Å². The van der Waals surface area contributed by atoms with Gasteiger partial charge in [-0.3, -0.25) is 4.79 Å². The molecule has 0 heterocycles. The second kappa shape index (κ2) is 7.07. The minimum absolute atomic E-state index is 0.0767. The van der Waals surface area contributed by atoms with Crippen LogP contribution in [-0.4, -0.2) is 18.4 Å². The van der Waals surface area contributed by atoms with Crippen LogP contribution in [0.4, 0.5) is 5.69 Å². The van der Waals surface area contributed by atoms with Gasteiger partial charge < -0.3 is 11.1 Å². The third kappa shape index (κ3) is 5.50. The maximum absolute atomic E-state index is 11.0. The molecule has 1 rings (SSSR count). The molecule has 3 N–H and O–H groups in total. The summed E-state index contributed by atoms with van der Waals surface area (Å²) in [5, 5.41) is 3.35. The number of carbonyl (C=O) groups is 1. The van der Waals surface area contributed by atoms with Crippen molar-refractivity contribution in [2.24, 2.45) is 11.7 Å². The van der Waals surface area contributed by atoms with Crippen LogP contribution >= 0.6 is 0 Å². The van der Waals surface area contributed by atoms with E-state index in [9.17, 15) is 4.79 Å². The third-order valence-corrected chi connectivity index (χ3v) is 2.92. The quantitative estimate of drug-likeness (QED) is 0.762. The van der Waals surface area contributed by atoms with Gasteiger partial charge in [0.25, 0.3) is 0 Å². The zero-order valence-corrected chi connectivity index (χ0v) is 10.6. The highest BCUT2D eigenvalue weighted by Gasteiger charge is 2.12. The molecule has 94 valence electrons. The lowest BCUT2D eigenvalue weighted by molar-refractivity contribution is -0.118. The Hall–Kier alpha value is -1.35. The number of nitrogens with two attached hydrogens (primary N) is 1. The second-order valence-electron chi connectivity index (χ2n) is 4.64. The molecular weight excluding hydrogens is 212 g/mol. The van der Waals surface area contributed by atoms with Gasteiger partial charge >= 0.3 is 0 Å². The minimum atomic E-state index is -0.304. The van der Waals surface area contributed by atoms with Gasteiger partial charge in [-0.25, -0.2) is 0 Å². The number of carbonyl (C=O) groups excluding carboxylic acids is 1. The minimum Gasteiger partial charge on any atom is -0.385 e. The van der Waals surface area contributed by atoms with Crippen molar-refractivity contribution in [3.05, 3.63) is 30.3 Å². The highest BCUT2D eigenvalue weighted by Crippen LogP contribution is 2.11. The van der Waals surface area contributed by atoms with Crippen LogP contribution < -0.4 is 11.1 Å². The number of Topliss-reactive ketones (excluding diaryl/α,β-unsaturated/α-hetero) is 1. The van der Waals surface area contributed by atoms with E-state index in [1.807, 2.05) is 30.3 Å². The number of nitrogens with one attached hydrogen (secondary N) is 1. The maximum Gasteiger partial charge on any atom is 0.146 e. The Kier molecular flexibility index (Phi) is 5.70. The number of anilines is 1. The molecule has 0 unspecified atom stereocenters. The molecule has 0 spiro atoms. The molecule has 0 amide bonds. The fraction of sp³-hybridized carbons (Fsp3) is 0.500. The lowest BCUT2D eigenvalue weighted by Gasteiger charge is -2.15. The average Bonchev–Trinajstić information content (AvgIpc) is 2.30. The predicted molar refractivity (Wildman–Crippen MR) is 72.0 cm³/mol. The van der Waals surface area contributed by atoms with Crippen molar-refractivity contribution < 1.29 is 4.79 Å². The topological polar surface area (TPSA) is 55.1 Å². The Labute approximate surface area is 103 Å². The number of para-hydroxylation sites is 1. The molecule has 1 aromatic carbocycles. The molecule has 0 radical (unpaired) electrons. The van der Waals surface area contributed by atoms with Crippen LogP contribution in [0.15, 0.2) is 30.3 Å². The number of hydrogen-bond donors (Lipinski definition) is 2. The van der Waals surface area contributed by atoms with Gasteiger partial charge in [-0.1, -0.05) is 25.1 Å². The van der Waals surface area contributed by atoms with Crippen molar-refractivity contribution in [1.82, 2.24) is 0 Å². The first-order chi connectivity index (χ1) is 8.09. The Morgan fingerprint density at radius 3 is 2.59 bits per heavy atom. The standard InChI is InChI=1S/C14H22N2O/c1-11(10-14(15)12(2)17)8-9-16-13-6-4-3-5-7-13/h3-7,11,14,16H,8-10,15H2,1-2H3/t11-,14+/m1/s1. The van der Waals surface area contributed by atoms with E-state index in [0.29, 0.717) is 5.92 Å². The van der Waals surface area contributed by atoms with Gasteiger partial charge in [-0.15, -0.1) is 0 Å². The first-order valence-corrected chi connectivity index (χ1v) is 6.14. The van der Waals surface area contributed by atoms with E-state index in [0.717, 1.165) is 25.1 Å². The van der Waals surface area contributed by atoms with E-state index in [1.54, 1.807) is 6.92 Å². The Morgan fingerprint density at radius 1 is 1.35 bits per heavy atom. The van der Waals surface area contributed by atoms with Gasteiger partial charge in [-0.05, 0) is 37.8 Å². The molecule has 1 aromatic rings. The maximum atomic E-state index is 11.0. The molecule has 0 saturated carbocycles. The van der Waals surface area contributed by atoms with Crippen LogP contribution in [0.2, 0.25) is 0 Å². The molecule has 0 aliphatic heterocycles. The summed E-state index contributed by atoms with van der Waals surface area (Å²) in [7, 11) is 0. The van der Waals surface area contributed by atoms with Gasteiger partial charge in [-0.2, -0.15) is 0 Å². The zero-order valence-electron chi connectivity index (χ0n) is 10.6. The fourth-order valence-corrected chi connectivity index (χ4v) is 1.74. The fourth-order valence-electron chi connectivity index (χ4n) is 1.74. The molecule has 0 bridgehead atoms. The first kappa shape index (κ1) is 13.7. The Morgan fingerprint density at radius 2 is 2.00 bits per heavy atom. The summed E-state index contributed by atoms with van der Waals surface area (Å²) in [5.41, 5.74) is 6.87. The molecule has 3 nitrogen and oxygen atoms in total. The summed E-state index contributed by atoms with van der Waals surface area (Å²) in [6.07, 6.45) is 1.79. The Balaban J connectivity index is 2.20. The molecule has 2 atom stereocenters. The van der Waals surface area contributed by atoms with Crippen molar-refractivity contribution in [2.45, 2.75) is 32.7 Å². The number of hydrogen-bond acceptors (Lipinski definition) is 3. The SMILES string of the molecule is CC(=O)[C@@H](N)C[C@H](C)CCNc1ccccc1. The van der Waals surface area contributed by atoms with Crippen molar-refractivity contribution in [3.8, 4) is 0 Å². The third-order valence-electron chi connectivity index (χ3n) is 2.92. The highest BCUT2D eigenvalue weighted by atomic mass is 16.1. The number of ketones is 1. The largest absolute Gasteiger partial charge is 0.385 e. The van der Waals surface area contributed by atoms with Gasteiger partial charge in [0, 0.05) is 12.2 Å². The van der Waals surface area contributed by atoms with Crippen molar-refractivity contribution in [3.63, 3.8) is 0 Å². The van der Waals surface area contributed by atoms with E-state index in [4.69, 9.17) is 5.73 Å². The summed E-state index contributed by atoms with van der Waals surface area (Å²) in [5.74, 6) is 0.540. The monoisotopic (exact) mass is 234 g/mol. The smallest absolute Gasteiger partial charge is 0.146 e. The van der Waals surface area contributed by atoms with E-state index in [-0.39, 0.29) is 11.8 Å². The zero-order chi connectivity index (χ0) is 12.7. The van der Waals surface area contributed by atoms with Crippen molar-refractivity contribution in [1.29, 1.82) is 0 Å². The van der Waals surface area contributed by atoms with E-state index in [2.05, 4.69) is 12.2 Å². The van der Waals surface area contributed by atoms with E-state index in [1.165, 1.54) is 0 Å². The van der Waals surface area contributed by atoms with Crippen LogP contribution in [0.1, 0.15) is 26.7 Å². The summed E-state index contributed by atoms with van der Waals surface area (Å²) < 4.78 is 0. The van der Waals surface area contributed by atoms with Crippen LogP contribution in [0, 0.1) is 5.92 Å². The Bertz CT molecular complexity index is 337. The van der Waals surface area contributed by atoms with Crippen LogP contribution in [-0.2, 0) is 4.79 Å². The lowest BCUT2D eigenvalue weighted by atomic mass is 9.97. The second-order valence-corrected chi connectivity index (χ2v) is 4.64. The van der Waals surface area contributed by atoms with Crippen LogP contribution in [0.3, 0.4) is 0 Å². The summed E-state index contributed by atoms with van der Waals surface area (Å²) >= 11 is 0. The lowest BCUT2D eigenvalue weighted by Crippen LogP contribution is -2.30. The van der Waals surface area contributed by atoms with Crippen molar-refractivity contribution in [2.75, 3.05) is 11.9 Å². The summed E-state index contributed by atoms with van der Waals surface area (Å²) in [6.45, 7) is 4.60. The molecule has 17 heavy (non-hydrogen) atoms. The van der Waals surface area contributed by atoms with Crippen molar-refractivity contribution >= 4 is 11.5 Å². The highest BCUT2D eigenvalue weighted by molar-refractivity contribution is 5.81. The van der Waals surface area contributed by atoms with Gasteiger partial charge in [0.1, 0.15) is 5.78 Å². The normalized spacial score (nSPS) is 14.1. The molecule has 0 aliphatic rings. The van der Waals surface area contributed by atoms with Gasteiger partial charge in [0.15, 0.2) is 0 Å². The number of rotatable bonds is 7. The molecule has 3 heteroatoms. The average molecular weight is 234 g/mol. The molecule has 0 aromatic heterocycles. The molecular formula is C14H22N2O. The summed E-state index contributed by atoms with van der Waals surface area (Å²) in [6, 6.07) is 9.81. The predicted octanol–water partition coefficient (Wildman–Crippen LogP) is 2.43. The first-order valence-electron chi connectivity index (χ1n) is 6.14. The van der Waals surface area contributed by atoms with E-state index >= 15 is 0 Å². The molecule has 0 saturated heterocycles. The van der Waals surface area contributed by atoms with Crippen LogP contribution in [0.5, 0.6) is 0 Å². The van der Waals surface area contributed by atoms with Crippen LogP contribution in [0.25, 0.3) is 0 Å². The number of benzene rings is 1. The molecule has 0 aliphatic carbocycles. The molecule has 0 fully saturated rings. The van der Waals surface area contributed by atoms with Gasteiger partial charge in [0.2, 0.25) is 0 Å².